The second-order valence-electron chi connectivity index (χ2n) is 4.37. The third-order valence-corrected chi connectivity index (χ3v) is 3.82. The second kappa shape index (κ2) is 7.17. The van der Waals surface area contributed by atoms with Gasteiger partial charge in [-0.25, -0.2) is 4.98 Å². The standard InChI is InChI=1S/C14H18N4OS/c1-3-6-16-10(8-15)9-20-14-17-12-5-4-11(19-2)7-13(12)18-14/h4-5,7,10,16H,3,6,9H2,1-2H3,(H,17,18). The lowest BCUT2D eigenvalue weighted by Gasteiger charge is -2.08. The second-order valence-corrected chi connectivity index (χ2v) is 5.38. The summed E-state index contributed by atoms with van der Waals surface area (Å²) in [5, 5.41) is 13.1. The summed E-state index contributed by atoms with van der Waals surface area (Å²) in [6.07, 6.45) is 1.02. The van der Waals surface area contributed by atoms with Crippen molar-refractivity contribution >= 4 is 22.8 Å². The van der Waals surface area contributed by atoms with E-state index in [-0.39, 0.29) is 6.04 Å². The number of hydrogen-bond donors (Lipinski definition) is 2. The van der Waals surface area contributed by atoms with Gasteiger partial charge in [0.2, 0.25) is 0 Å². The van der Waals surface area contributed by atoms with Crippen molar-refractivity contribution in [1.82, 2.24) is 15.3 Å². The molecule has 0 aliphatic rings. The average molecular weight is 290 g/mol. The summed E-state index contributed by atoms with van der Waals surface area (Å²) in [6, 6.07) is 7.85. The fraction of sp³-hybridized carbons (Fsp3) is 0.429. The monoisotopic (exact) mass is 290 g/mol. The molecule has 1 heterocycles. The zero-order valence-corrected chi connectivity index (χ0v) is 12.5. The largest absolute Gasteiger partial charge is 0.497 e. The third-order valence-electron chi connectivity index (χ3n) is 2.85. The summed E-state index contributed by atoms with van der Waals surface area (Å²) in [6.45, 7) is 2.94. The van der Waals surface area contributed by atoms with Crippen LogP contribution >= 0.6 is 11.8 Å². The molecule has 0 radical (unpaired) electrons. The van der Waals surface area contributed by atoms with Crippen molar-refractivity contribution in [3.8, 4) is 11.8 Å². The normalized spacial score (nSPS) is 12.2. The lowest BCUT2D eigenvalue weighted by molar-refractivity contribution is 0.415. The quantitative estimate of drug-likeness (QED) is 0.767. The highest BCUT2D eigenvalue weighted by Crippen LogP contribution is 2.23. The number of benzene rings is 1. The van der Waals surface area contributed by atoms with Gasteiger partial charge in [-0.15, -0.1) is 0 Å². The molecule has 1 aromatic carbocycles. The number of rotatable bonds is 7. The number of methoxy groups -OCH3 is 1. The molecule has 0 aliphatic carbocycles. The molecule has 0 amide bonds. The van der Waals surface area contributed by atoms with Crippen LogP contribution in [0, 0.1) is 11.3 Å². The van der Waals surface area contributed by atoms with Crippen LogP contribution in [-0.2, 0) is 0 Å². The van der Waals surface area contributed by atoms with E-state index in [4.69, 9.17) is 10.00 Å². The minimum Gasteiger partial charge on any atom is -0.497 e. The smallest absolute Gasteiger partial charge is 0.166 e. The van der Waals surface area contributed by atoms with E-state index >= 15 is 0 Å². The van der Waals surface area contributed by atoms with Gasteiger partial charge in [0.1, 0.15) is 11.8 Å². The van der Waals surface area contributed by atoms with Crippen molar-refractivity contribution in [2.75, 3.05) is 19.4 Å². The van der Waals surface area contributed by atoms with Crippen molar-refractivity contribution < 1.29 is 4.74 Å². The molecular weight excluding hydrogens is 272 g/mol. The Labute approximate surface area is 122 Å². The Morgan fingerprint density at radius 1 is 1.55 bits per heavy atom. The van der Waals surface area contributed by atoms with Crippen molar-refractivity contribution in [2.45, 2.75) is 24.5 Å². The van der Waals surface area contributed by atoms with Gasteiger partial charge in [-0.05, 0) is 25.1 Å². The van der Waals surface area contributed by atoms with Crippen molar-refractivity contribution in [1.29, 1.82) is 5.26 Å². The number of fused-ring (bicyclic) bond motifs is 1. The van der Waals surface area contributed by atoms with Crippen molar-refractivity contribution in [3.63, 3.8) is 0 Å². The number of aromatic nitrogens is 2. The molecule has 0 bridgehead atoms. The van der Waals surface area contributed by atoms with Crippen molar-refractivity contribution in [3.05, 3.63) is 18.2 Å². The minimum absolute atomic E-state index is 0.150. The number of thioether (sulfide) groups is 1. The van der Waals surface area contributed by atoms with E-state index < -0.39 is 0 Å². The molecule has 6 heteroatoms. The molecule has 1 atom stereocenters. The fourth-order valence-electron chi connectivity index (χ4n) is 1.78. The molecule has 0 saturated carbocycles. The number of nitriles is 1. The van der Waals surface area contributed by atoms with Crippen LogP contribution in [0.25, 0.3) is 11.0 Å². The molecular formula is C14H18N4OS. The highest BCUT2D eigenvalue weighted by Gasteiger charge is 2.09. The van der Waals surface area contributed by atoms with Gasteiger partial charge >= 0.3 is 0 Å². The molecule has 2 rings (SSSR count). The molecule has 0 aliphatic heterocycles. The Morgan fingerprint density at radius 3 is 3.10 bits per heavy atom. The van der Waals surface area contributed by atoms with E-state index in [2.05, 4.69) is 28.3 Å². The van der Waals surface area contributed by atoms with Crippen LogP contribution in [0.3, 0.4) is 0 Å². The van der Waals surface area contributed by atoms with Gasteiger partial charge in [0.05, 0.1) is 24.2 Å². The maximum absolute atomic E-state index is 9.07. The number of nitrogens with one attached hydrogen (secondary N) is 2. The van der Waals surface area contributed by atoms with Gasteiger partial charge in [-0.1, -0.05) is 18.7 Å². The van der Waals surface area contributed by atoms with E-state index in [1.54, 1.807) is 18.9 Å². The number of imidazole rings is 1. The SMILES string of the molecule is CCCNC(C#N)CSc1nc2ccc(OC)cc2[nH]1. The number of ether oxygens (including phenoxy) is 1. The van der Waals surface area contributed by atoms with Crippen LogP contribution < -0.4 is 10.1 Å². The number of hydrogen-bond acceptors (Lipinski definition) is 5. The molecule has 20 heavy (non-hydrogen) atoms. The van der Waals surface area contributed by atoms with Crippen LogP contribution in [0.1, 0.15) is 13.3 Å². The first-order chi connectivity index (χ1) is 9.76. The maximum atomic E-state index is 9.07. The summed E-state index contributed by atoms with van der Waals surface area (Å²) >= 11 is 1.55. The summed E-state index contributed by atoms with van der Waals surface area (Å²) in [7, 11) is 1.64. The summed E-state index contributed by atoms with van der Waals surface area (Å²) in [5.41, 5.74) is 1.85. The average Bonchev–Trinajstić information content (AvgIpc) is 2.89. The predicted octanol–water partition coefficient (Wildman–Crippen LogP) is 2.56. The minimum atomic E-state index is -0.150. The Balaban J connectivity index is 2.01. The molecule has 5 nitrogen and oxygen atoms in total. The fourth-order valence-corrected chi connectivity index (χ4v) is 2.65. The number of aromatic amines is 1. The summed E-state index contributed by atoms with van der Waals surface area (Å²) in [5.74, 6) is 1.48. The van der Waals surface area contributed by atoms with Crippen LogP contribution in [0.5, 0.6) is 5.75 Å². The molecule has 2 N–H and O–H groups in total. The predicted molar refractivity (Wildman–Crippen MR) is 81.1 cm³/mol. The summed E-state index contributed by atoms with van der Waals surface area (Å²) in [4.78, 5) is 7.73. The first-order valence-corrected chi connectivity index (χ1v) is 7.55. The van der Waals surface area contributed by atoms with Crippen LogP contribution in [0.4, 0.5) is 0 Å². The summed E-state index contributed by atoms with van der Waals surface area (Å²) < 4.78 is 5.18. The van der Waals surface area contributed by atoms with Gasteiger partial charge in [-0.2, -0.15) is 5.26 Å². The number of nitrogens with zero attached hydrogens (tertiary/aromatic N) is 2. The lowest BCUT2D eigenvalue weighted by Crippen LogP contribution is -2.30. The molecule has 2 aromatic rings. The molecule has 1 aromatic heterocycles. The van der Waals surface area contributed by atoms with E-state index in [1.165, 1.54) is 0 Å². The molecule has 106 valence electrons. The zero-order valence-electron chi connectivity index (χ0n) is 11.6. The lowest BCUT2D eigenvalue weighted by atomic mass is 10.3. The van der Waals surface area contributed by atoms with Crippen LogP contribution in [-0.4, -0.2) is 35.4 Å². The van der Waals surface area contributed by atoms with E-state index in [0.29, 0.717) is 5.75 Å². The van der Waals surface area contributed by atoms with Crippen molar-refractivity contribution in [2.24, 2.45) is 0 Å². The zero-order chi connectivity index (χ0) is 14.4. The highest BCUT2D eigenvalue weighted by molar-refractivity contribution is 7.99. The molecule has 0 spiro atoms. The molecule has 0 saturated heterocycles. The van der Waals surface area contributed by atoms with Crippen LogP contribution in [0.15, 0.2) is 23.4 Å². The topological polar surface area (TPSA) is 73.7 Å². The Kier molecular flexibility index (Phi) is 5.27. The first kappa shape index (κ1) is 14.7. The Morgan fingerprint density at radius 2 is 2.40 bits per heavy atom. The van der Waals surface area contributed by atoms with Gasteiger partial charge in [0.25, 0.3) is 0 Å². The Bertz CT molecular complexity index is 605. The van der Waals surface area contributed by atoms with Gasteiger partial charge in [-0.3, -0.25) is 0 Å². The number of H-pyrrole nitrogens is 1. The highest BCUT2D eigenvalue weighted by atomic mass is 32.2. The molecule has 1 unspecified atom stereocenters. The Hall–Kier alpha value is -1.71. The van der Waals surface area contributed by atoms with E-state index in [9.17, 15) is 0 Å². The van der Waals surface area contributed by atoms with E-state index in [1.807, 2.05) is 18.2 Å². The molecule has 0 fully saturated rings. The van der Waals surface area contributed by atoms with Gasteiger partial charge in [0, 0.05) is 11.8 Å². The van der Waals surface area contributed by atoms with Crippen LogP contribution in [0.2, 0.25) is 0 Å². The van der Waals surface area contributed by atoms with Gasteiger partial charge < -0.3 is 15.0 Å². The first-order valence-electron chi connectivity index (χ1n) is 6.56. The van der Waals surface area contributed by atoms with E-state index in [0.717, 1.165) is 34.9 Å². The third kappa shape index (κ3) is 3.65. The van der Waals surface area contributed by atoms with Gasteiger partial charge in [0.15, 0.2) is 5.16 Å². The maximum Gasteiger partial charge on any atom is 0.166 e.